The second kappa shape index (κ2) is 5.94. The van der Waals surface area contributed by atoms with Crippen LogP contribution in [0.2, 0.25) is 0 Å². The highest BCUT2D eigenvalue weighted by molar-refractivity contribution is 7.89. The average molecular weight is 322 g/mol. The number of piperidine rings is 1. The third-order valence-electron chi connectivity index (χ3n) is 3.73. The molecule has 2 N–H and O–H groups in total. The predicted octanol–water partition coefficient (Wildman–Crippen LogP) is 1.85. The summed E-state index contributed by atoms with van der Waals surface area (Å²) in [6.45, 7) is 2.04. The summed E-state index contributed by atoms with van der Waals surface area (Å²) in [4.78, 5) is -1.10. The minimum atomic E-state index is -4.35. The molecule has 1 aliphatic rings. The molecule has 2 atom stereocenters. The van der Waals surface area contributed by atoms with Crippen molar-refractivity contribution in [3.05, 3.63) is 29.6 Å². The van der Waals surface area contributed by atoms with E-state index in [0.29, 0.717) is 18.6 Å². The molecule has 0 saturated carbocycles. The first-order valence-corrected chi connectivity index (χ1v) is 8.07. The second-order valence-electron chi connectivity index (χ2n) is 5.32. The van der Waals surface area contributed by atoms with Crippen molar-refractivity contribution >= 4 is 10.0 Å². The van der Waals surface area contributed by atoms with E-state index in [1.54, 1.807) is 6.92 Å². The highest BCUT2D eigenvalue weighted by atomic mass is 32.2. The van der Waals surface area contributed by atoms with Crippen molar-refractivity contribution in [3.8, 4) is 0 Å². The van der Waals surface area contributed by atoms with E-state index in [1.807, 2.05) is 0 Å². The van der Waals surface area contributed by atoms with Gasteiger partial charge in [0.15, 0.2) is 4.90 Å². The van der Waals surface area contributed by atoms with Crippen LogP contribution in [-0.4, -0.2) is 31.9 Å². The number of hydrogen-bond donors (Lipinski definition) is 1. The van der Waals surface area contributed by atoms with Gasteiger partial charge in [-0.25, -0.2) is 21.6 Å². The van der Waals surface area contributed by atoms with E-state index in [1.165, 1.54) is 0 Å². The van der Waals surface area contributed by atoms with Crippen LogP contribution >= 0.6 is 0 Å². The second-order valence-corrected chi connectivity index (χ2v) is 7.20. The third-order valence-corrected chi connectivity index (χ3v) is 5.64. The molecule has 0 spiro atoms. The van der Waals surface area contributed by atoms with Crippen molar-refractivity contribution in [3.63, 3.8) is 0 Å². The van der Waals surface area contributed by atoms with Gasteiger partial charge in [-0.15, -0.1) is 0 Å². The molecule has 1 heterocycles. The van der Waals surface area contributed by atoms with Crippen LogP contribution in [0.15, 0.2) is 17.0 Å². The summed E-state index contributed by atoms with van der Waals surface area (Å²) in [5, 5.41) is 0. The smallest absolute Gasteiger partial charge is 0.248 e. The number of nitrogens with two attached hydrogens (primary N) is 1. The van der Waals surface area contributed by atoms with Gasteiger partial charge in [0.05, 0.1) is 0 Å². The van der Waals surface area contributed by atoms with Gasteiger partial charge in [-0.05, 0) is 25.7 Å². The van der Waals surface area contributed by atoms with Crippen molar-refractivity contribution in [2.24, 2.45) is 11.7 Å². The summed E-state index contributed by atoms with van der Waals surface area (Å²) < 4.78 is 66.1. The van der Waals surface area contributed by atoms with Crippen molar-refractivity contribution in [1.82, 2.24) is 4.31 Å². The quantitative estimate of drug-likeness (QED) is 0.924. The number of halogens is 3. The summed E-state index contributed by atoms with van der Waals surface area (Å²) in [6, 6.07) is 0.511. The molecule has 0 aromatic heterocycles. The van der Waals surface area contributed by atoms with E-state index in [-0.39, 0.29) is 25.0 Å². The third kappa shape index (κ3) is 3.22. The molecule has 1 fully saturated rings. The maximum absolute atomic E-state index is 13.7. The Labute approximate surface area is 121 Å². The van der Waals surface area contributed by atoms with Crippen LogP contribution in [0.25, 0.3) is 0 Å². The summed E-state index contributed by atoms with van der Waals surface area (Å²) in [5.41, 5.74) is 5.77. The molecule has 0 radical (unpaired) electrons. The predicted molar refractivity (Wildman–Crippen MR) is 71.4 cm³/mol. The summed E-state index contributed by atoms with van der Waals surface area (Å²) >= 11 is 0. The van der Waals surface area contributed by atoms with Crippen LogP contribution in [0.5, 0.6) is 0 Å². The summed E-state index contributed by atoms with van der Waals surface area (Å²) in [7, 11) is -4.35. The lowest BCUT2D eigenvalue weighted by atomic mass is 9.93. The highest BCUT2D eigenvalue weighted by Gasteiger charge is 2.35. The minimum Gasteiger partial charge on any atom is -0.328 e. The number of hydrogen-bond acceptors (Lipinski definition) is 3. The number of sulfonamides is 1. The lowest BCUT2D eigenvalue weighted by Crippen LogP contribution is -2.45. The molecule has 1 aliphatic heterocycles. The van der Waals surface area contributed by atoms with Crippen LogP contribution < -0.4 is 5.73 Å². The van der Waals surface area contributed by atoms with Gasteiger partial charge in [0.2, 0.25) is 10.0 Å². The van der Waals surface area contributed by atoms with E-state index in [9.17, 15) is 21.6 Å². The minimum absolute atomic E-state index is 0.0694. The molecule has 0 unspecified atom stereocenters. The molecule has 118 valence electrons. The molecule has 4 nitrogen and oxygen atoms in total. The fraction of sp³-hybridized carbons (Fsp3) is 0.538. The van der Waals surface area contributed by atoms with Crippen LogP contribution in [0.1, 0.15) is 19.8 Å². The Morgan fingerprint density at radius 1 is 1.29 bits per heavy atom. The standard InChI is InChI=1S/C13H17F3N2O2S/c1-8(17)9-3-2-4-18(7-9)21(19,20)13-11(15)5-10(14)6-12(13)16/h5-6,8-9H,2-4,7,17H2,1H3/t8-,9+/m0/s1. The van der Waals surface area contributed by atoms with Crippen LogP contribution in [0.3, 0.4) is 0 Å². The first-order valence-electron chi connectivity index (χ1n) is 6.63. The van der Waals surface area contributed by atoms with Gasteiger partial charge in [0, 0.05) is 31.3 Å². The maximum Gasteiger partial charge on any atom is 0.248 e. The molecule has 0 bridgehead atoms. The van der Waals surface area contributed by atoms with Crippen LogP contribution in [0, 0.1) is 23.4 Å². The van der Waals surface area contributed by atoms with Gasteiger partial charge >= 0.3 is 0 Å². The maximum atomic E-state index is 13.7. The Balaban J connectivity index is 2.39. The molecule has 8 heteroatoms. The normalized spacial score (nSPS) is 22.2. The number of benzene rings is 1. The van der Waals surface area contributed by atoms with E-state index < -0.39 is 32.4 Å². The number of rotatable bonds is 3. The van der Waals surface area contributed by atoms with E-state index >= 15 is 0 Å². The Bertz CT molecular complexity index is 611. The molecule has 0 amide bonds. The van der Waals surface area contributed by atoms with E-state index in [4.69, 9.17) is 5.73 Å². The zero-order valence-electron chi connectivity index (χ0n) is 11.5. The molecule has 1 saturated heterocycles. The van der Waals surface area contributed by atoms with Gasteiger partial charge in [0.1, 0.15) is 17.5 Å². The summed E-state index contributed by atoms with van der Waals surface area (Å²) in [6.07, 6.45) is 1.33. The van der Waals surface area contributed by atoms with Gasteiger partial charge in [0.25, 0.3) is 0 Å². The van der Waals surface area contributed by atoms with Gasteiger partial charge < -0.3 is 5.73 Å². The SMILES string of the molecule is C[C@H](N)[C@@H]1CCCN(S(=O)(=O)c2c(F)cc(F)cc2F)C1. The van der Waals surface area contributed by atoms with Gasteiger partial charge in [-0.2, -0.15) is 4.31 Å². The van der Waals surface area contributed by atoms with Gasteiger partial charge in [-0.1, -0.05) is 0 Å². The zero-order chi connectivity index (χ0) is 15.8. The molecule has 1 aromatic carbocycles. The Morgan fingerprint density at radius 2 is 1.86 bits per heavy atom. The highest BCUT2D eigenvalue weighted by Crippen LogP contribution is 2.28. The van der Waals surface area contributed by atoms with Crippen LogP contribution in [0.4, 0.5) is 13.2 Å². The molecular formula is C13H17F3N2O2S. The van der Waals surface area contributed by atoms with E-state index in [0.717, 1.165) is 10.7 Å². The van der Waals surface area contributed by atoms with E-state index in [2.05, 4.69) is 0 Å². The van der Waals surface area contributed by atoms with Crippen molar-refractivity contribution in [1.29, 1.82) is 0 Å². The van der Waals surface area contributed by atoms with Crippen molar-refractivity contribution in [2.45, 2.75) is 30.7 Å². The largest absolute Gasteiger partial charge is 0.328 e. The van der Waals surface area contributed by atoms with Gasteiger partial charge in [-0.3, -0.25) is 0 Å². The average Bonchev–Trinajstić information content (AvgIpc) is 2.37. The molecule has 0 aliphatic carbocycles. The number of nitrogens with zero attached hydrogens (tertiary/aromatic N) is 1. The Hall–Kier alpha value is -1.12. The fourth-order valence-corrected chi connectivity index (χ4v) is 4.15. The van der Waals surface area contributed by atoms with Crippen molar-refractivity contribution in [2.75, 3.05) is 13.1 Å². The zero-order valence-corrected chi connectivity index (χ0v) is 12.3. The summed E-state index contributed by atoms with van der Waals surface area (Å²) in [5.74, 6) is -4.07. The molecule has 21 heavy (non-hydrogen) atoms. The first kappa shape index (κ1) is 16.3. The fourth-order valence-electron chi connectivity index (χ4n) is 2.53. The monoisotopic (exact) mass is 322 g/mol. The Kier molecular flexibility index (Phi) is 4.60. The molecule has 2 rings (SSSR count). The van der Waals surface area contributed by atoms with Crippen LogP contribution in [-0.2, 0) is 10.0 Å². The first-order chi connectivity index (χ1) is 9.73. The Morgan fingerprint density at radius 3 is 2.38 bits per heavy atom. The topological polar surface area (TPSA) is 63.4 Å². The van der Waals surface area contributed by atoms with Crippen molar-refractivity contribution < 1.29 is 21.6 Å². The molecule has 1 aromatic rings. The molecular weight excluding hydrogens is 305 g/mol. The lowest BCUT2D eigenvalue weighted by molar-refractivity contribution is 0.242. The lowest BCUT2D eigenvalue weighted by Gasteiger charge is -2.33.